The van der Waals surface area contributed by atoms with Gasteiger partial charge in [0.25, 0.3) is 0 Å². The van der Waals surface area contributed by atoms with Crippen molar-refractivity contribution in [2.75, 3.05) is 0 Å². The number of carbonyl (C=O) groups is 1. The van der Waals surface area contributed by atoms with Crippen LogP contribution in [-0.2, 0) is 4.79 Å². The first-order valence-corrected chi connectivity index (χ1v) is 6.17. The third kappa shape index (κ3) is 4.75. The molecule has 6 nitrogen and oxygen atoms in total. The van der Waals surface area contributed by atoms with Gasteiger partial charge in [0.2, 0.25) is 0 Å². The van der Waals surface area contributed by atoms with E-state index in [1.165, 1.54) is 0 Å². The molecule has 1 aromatic rings. The molecule has 110 valence electrons. The topological polar surface area (TPSA) is 124 Å². The average Bonchev–Trinajstić information content (AvgIpc) is 2.45. The van der Waals surface area contributed by atoms with E-state index in [9.17, 15) is 20.1 Å². The standard InChI is InChI=1S/C14H19NO5/c15-11(13(18)14(19)20)12(17)10(16)8-4-7-9-5-2-1-3-6-9/h1-7,10-13,16-18H,8,15H2,(H,19,20)/b7-4+/t10-,11+,12+,13-/m0/s1. The van der Waals surface area contributed by atoms with Gasteiger partial charge >= 0.3 is 5.97 Å². The van der Waals surface area contributed by atoms with E-state index in [1.54, 1.807) is 12.2 Å². The Morgan fingerprint density at radius 3 is 2.35 bits per heavy atom. The number of hydrogen-bond donors (Lipinski definition) is 5. The Kier molecular flexibility index (Phi) is 6.33. The molecule has 0 radical (unpaired) electrons. The highest BCUT2D eigenvalue weighted by atomic mass is 16.4. The van der Waals surface area contributed by atoms with Crippen LogP contribution in [0.2, 0.25) is 0 Å². The van der Waals surface area contributed by atoms with Crippen LogP contribution in [0.1, 0.15) is 12.0 Å². The summed E-state index contributed by atoms with van der Waals surface area (Å²) in [5.41, 5.74) is 6.31. The minimum atomic E-state index is -1.92. The van der Waals surface area contributed by atoms with Crippen LogP contribution < -0.4 is 5.73 Å². The summed E-state index contributed by atoms with van der Waals surface area (Å²) in [6.45, 7) is 0. The third-order valence-corrected chi connectivity index (χ3v) is 2.89. The predicted molar refractivity (Wildman–Crippen MR) is 73.7 cm³/mol. The van der Waals surface area contributed by atoms with Gasteiger partial charge in [-0.05, 0) is 12.0 Å². The molecule has 6 N–H and O–H groups in total. The number of benzene rings is 1. The van der Waals surface area contributed by atoms with Crippen molar-refractivity contribution in [2.24, 2.45) is 5.73 Å². The van der Waals surface area contributed by atoms with Gasteiger partial charge in [-0.1, -0.05) is 42.5 Å². The van der Waals surface area contributed by atoms with Gasteiger partial charge in [-0.15, -0.1) is 0 Å². The van der Waals surface area contributed by atoms with Crippen molar-refractivity contribution in [3.05, 3.63) is 42.0 Å². The maximum Gasteiger partial charge on any atom is 0.334 e. The monoisotopic (exact) mass is 281 g/mol. The SMILES string of the molecule is N[C@H]([C@H](O)[C@@H](O)C/C=C/c1ccccc1)[C@H](O)C(=O)O. The van der Waals surface area contributed by atoms with E-state index in [-0.39, 0.29) is 6.42 Å². The molecule has 0 unspecified atom stereocenters. The van der Waals surface area contributed by atoms with Crippen molar-refractivity contribution < 1.29 is 25.2 Å². The van der Waals surface area contributed by atoms with Gasteiger partial charge in [0, 0.05) is 0 Å². The fraction of sp³-hybridized carbons (Fsp3) is 0.357. The zero-order valence-electron chi connectivity index (χ0n) is 10.8. The molecule has 1 aromatic carbocycles. The molecule has 6 heteroatoms. The van der Waals surface area contributed by atoms with E-state index in [2.05, 4.69) is 0 Å². The summed E-state index contributed by atoms with van der Waals surface area (Å²) in [4.78, 5) is 10.5. The molecule has 0 spiro atoms. The molecule has 1 rings (SSSR count). The summed E-state index contributed by atoms with van der Waals surface area (Å²) in [7, 11) is 0. The Hall–Kier alpha value is -1.73. The largest absolute Gasteiger partial charge is 0.479 e. The Morgan fingerprint density at radius 1 is 1.20 bits per heavy atom. The normalized spacial score (nSPS) is 17.6. The summed E-state index contributed by atoms with van der Waals surface area (Å²) in [5, 5.41) is 37.2. The van der Waals surface area contributed by atoms with Crippen LogP contribution in [0, 0.1) is 0 Å². The third-order valence-electron chi connectivity index (χ3n) is 2.89. The molecule has 0 aliphatic carbocycles. The number of carboxylic acid groups (broad SMARTS) is 1. The van der Waals surface area contributed by atoms with E-state index in [0.717, 1.165) is 5.56 Å². The van der Waals surface area contributed by atoms with Gasteiger partial charge < -0.3 is 26.2 Å². The molecule has 0 amide bonds. The number of nitrogens with two attached hydrogens (primary N) is 1. The van der Waals surface area contributed by atoms with Gasteiger partial charge in [-0.2, -0.15) is 0 Å². The van der Waals surface area contributed by atoms with E-state index < -0.39 is 30.3 Å². The van der Waals surface area contributed by atoms with E-state index in [0.29, 0.717) is 0 Å². The van der Waals surface area contributed by atoms with Gasteiger partial charge in [0.15, 0.2) is 6.10 Å². The Balaban J connectivity index is 2.51. The first-order valence-electron chi connectivity index (χ1n) is 6.17. The maximum atomic E-state index is 10.5. The number of aliphatic hydroxyl groups is 3. The smallest absolute Gasteiger partial charge is 0.334 e. The number of aliphatic hydroxyl groups excluding tert-OH is 3. The molecule has 0 saturated heterocycles. The van der Waals surface area contributed by atoms with Crippen molar-refractivity contribution in [2.45, 2.75) is 30.8 Å². The second kappa shape index (κ2) is 7.76. The molecule has 0 saturated carbocycles. The predicted octanol–water partition coefficient (Wildman–Crippen LogP) is -0.416. The second-order valence-corrected chi connectivity index (χ2v) is 4.47. The van der Waals surface area contributed by atoms with Gasteiger partial charge in [-0.25, -0.2) is 4.79 Å². The summed E-state index contributed by atoms with van der Waals surface area (Å²) in [5.74, 6) is -1.54. The Morgan fingerprint density at radius 2 is 1.80 bits per heavy atom. The molecule has 0 heterocycles. The lowest BCUT2D eigenvalue weighted by atomic mass is 9.98. The van der Waals surface area contributed by atoms with Crippen LogP contribution in [0.3, 0.4) is 0 Å². The molecule has 0 aliphatic heterocycles. The maximum absolute atomic E-state index is 10.5. The fourth-order valence-corrected chi connectivity index (χ4v) is 1.66. The van der Waals surface area contributed by atoms with Crippen molar-refractivity contribution >= 4 is 12.0 Å². The quantitative estimate of drug-likeness (QED) is 0.462. The Labute approximate surface area is 116 Å². The van der Waals surface area contributed by atoms with Crippen molar-refractivity contribution in [1.29, 1.82) is 0 Å². The van der Waals surface area contributed by atoms with Crippen LogP contribution in [0.25, 0.3) is 6.08 Å². The van der Waals surface area contributed by atoms with E-state index >= 15 is 0 Å². The van der Waals surface area contributed by atoms with Crippen LogP contribution in [0.5, 0.6) is 0 Å². The number of carboxylic acids is 1. The minimum absolute atomic E-state index is 0.0934. The zero-order valence-corrected chi connectivity index (χ0v) is 10.8. The molecule has 0 fully saturated rings. The summed E-state index contributed by atoms with van der Waals surface area (Å²) >= 11 is 0. The number of aliphatic carboxylic acids is 1. The van der Waals surface area contributed by atoms with Crippen LogP contribution >= 0.6 is 0 Å². The minimum Gasteiger partial charge on any atom is -0.479 e. The van der Waals surface area contributed by atoms with E-state index in [1.807, 2.05) is 30.3 Å². The van der Waals surface area contributed by atoms with Crippen LogP contribution in [0.15, 0.2) is 36.4 Å². The molecule has 0 aliphatic rings. The highest BCUT2D eigenvalue weighted by Gasteiger charge is 2.32. The average molecular weight is 281 g/mol. The first kappa shape index (κ1) is 16.3. The number of hydrogen-bond acceptors (Lipinski definition) is 5. The summed E-state index contributed by atoms with van der Waals surface area (Å²) in [6, 6.07) is 7.90. The second-order valence-electron chi connectivity index (χ2n) is 4.47. The lowest BCUT2D eigenvalue weighted by Crippen LogP contribution is -2.52. The Bertz CT molecular complexity index is 448. The van der Waals surface area contributed by atoms with Crippen molar-refractivity contribution in [3.8, 4) is 0 Å². The van der Waals surface area contributed by atoms with E-state index in [4.69, 9.17) is 10.8 Å². The van der Waals surface area contributed by atoms with Crippen molar-refractivity contribution in [3.63, 3.8) is 0 Å². The highest BCUT2D eigenvalue weighted by Crippen LogP contribution is 2.09. The highest BCUT2D eigenvalue weighted by molar-refractivity contribution is 5.73. The van der Waals surface area contributed by atoms with Crippen LogP contribution in [-0.4, -0.2) is 50.7 Å². The molecule has 0 bridgehead atoms. The molecule has 20 heavy (non-hydrogen) atoms. The molecular formula is C14H19NO5. The van der Waals surface area contributed by atoms with Gasteiger partial charge in [0.05, 0.1) is 18.2 Å². The molecule has 0 aromatic heterocycles. The number of rotatable bonds is 7. The summed E-state index contributed by atoms with van der Waals surface area (Å²) < 4.78 is 0. The molecule has 4 atom stereocenters. The van der Waals surface area contributed by atoms with Gasteiger partial charge in [-0.3, -0.25) is 0 Å². The molecular weight excluding hydrogens is 262 g/mol. The fourth-order valence-electron chi connectivity index (χ4n) is 1.66. The lowest BCUT2D eigenvalue weighted by Gasteiger charge is -2.24. The van der Waals surface area contributed by atoms with Crippen LogP contribution in [0.4, 0.5) is 0 Å². The zero-order chi connectivity index (χ0) is 15.1. The lowest BCUT2D eigenvalue weighted by molar-refractivity contribution is -0.150. The van der Waals surface area contributed by atoms with Crippen molar-refractivity contribution in [1.82, 2.24) is 0 Å². The summed E-state index contributed by atoms with van der Waals surface area (Å²) in [6.07, 6.45) is -1.20. The van der Waals surface area contributed by atoms with Gasteiger partial charge in [0.1, 0.15) is 0 Å². The first-order chi connectivity index (χ1) is 9.43.